The maximum Gasteiger partial charge on any atom is 0.242 e. The first-order valence-corrected chi connectivity index (χ1v) is 11.3. The van der Waals surface area contributed by atoms with Crippen molar-refractivity contribution in [3.63, 3.8) is 0 Å². The topological polar surface area (TPSA) is 90.9 Å². The SMILES string of the molecule is O=S(=O)(NCCCCNC[C@@H](O)CN1CCOCC1)c1ccc(Cl)cc1Cl. The van der Waals surface area contributed by atoms with Crippen molar-refractivity contribution < 1.29 is 18.3 Å². The highest BCUT2D eigenvalue weighted by Gasteiger charge is 2.17. The van der Waals surface area contributed by atoms with E-state index in [1.165, 1.54) is 18.2 Å². The number of hydrogen-bond donors (Lipinski definition) is 3. The molecule has 1 aliphatic rings. The van der Waals surface area contributed by atoms with Crippen LogP contribution in [0.3, 0.4) is 0 Å². The van der Waals surface area contributed by atoms with Crippen LogP contribution in [0.1, 0.15) is 12.8 Å². The third-order valence-corrected chi connectivity index (χ3v) is 6.39. The van der Waals surface area contributed by atoms with E-state index in [9.17, 15) is 13.5 Å². The molecule has 0 unspecified atom stereocenters. The zero-order valence-electron chi connectivity index (χ0n) is 15.2. The molecule has 0 aliphatic carbocycles. The van der Waals surface area contributed by atoms with Gasteiger partial charge in [0.05, 0.1) is 24.3 Å². The van der Waals surface area contributed by atoms with Crippen LogP contribution in [0.4, 0.5) is 0 Å². The molecule has 0 radical (unpaired) electrons. The normalized spacial score (nSPS) is 17.1. The number of aliphatic hydroxyl groups is 1. The molecule has 27 heavy (non-hydrogen) atoms. The van der Waals surface area contributed by atoms with Gasteiger partial charge in [-0.15, -0.1) is 0 Å². The summed E-state index contributed by atoms with van der Waals surface area (Å²) in [5.41, 5.74) is 0. The first-order chi connectivity index (χ1) is 12.9. The number of unbranched alkanes of at least 4 members (excludes halogenated alkanes) is 1. The highest BCUT2D eigenvalue weighted by Crippen LogP contribution is 2.24. The average Bonchev–Trinajstić information content (AvgIpc) is 2.61. The number of β-amino-alcohol motifs (C(OH)–C–C–N with tert-alkyl or cyclic N) is 1. The predicted molar refractivity (Wildman–Crippen MR) is 107 cm³/mol. The number of benzene rings is 1. The van der Waals surface area contributed by atoms with Gasteiger partial charge in [0.2, 0.25) is 10.0 Å². The van der Waals surface area contributed by atoms with E-state index in [1.807, 2.05) is 0 Å². The van der Waals surface area contributed by atoms with Crippen LogP contribution in [0.25, 0.3) is 0 Å². The lowest BCUT2D eigenvalue weighted by molar-refractivity contribution is 0.0149. The van der Waals surface area contributed by atoms with E-state index in [0.29, 0.717) is 37.6 Å². The number of morpholine rings is 1. The molecule has 1 aromatic carbocycles. The second-order valence-electron chi connectivity index (χ2n) is 6.45. The lowest BCUT2D eigenvalue weighted by atomic mass is 10.2. The van der Waals surface area contributed by atoms with Gasteiger partial charge in [-0.05, 0) is 37.6 Å². The molecule has 0 amide bonds. The van der Waals surface area contributed by atoms with E-state index < -0.39 is 16.1 Å². The quantitative estimate of drug-likeness (QED) is 0.450. The van der Waals surface area contributed by atoms with E-state index in [-0.39, 0.29) is 9.92 Å². The van der Waals surface area contributed by atoms with Gasteiger partial charge in [0, 0.05) is 37.7 Å². The molecule has 3 N–H and O–H groups in total. The second kappa shape index (κ2) is 11.5. The van der Waals surface area contributed by atoms with Crippen LogP contribution >= 0.6 is 23.2 Å². The maximum atomic E-state index is 12.2. The summed E-state index contributed by atoms with van der Waals surface area (Å²) in [4.78, 5) is 2.21. The van der Waals surface area contributed by atoms with Crippen LogP contribution in [-0.2, 0) is 14.8 Å². The molecule has 1 aliphatic heterocycles. The Morgan fingerprint density at radius 2 is 1.89 bits per heavy atom. The minimum atomic E-state index is -3.65. The number of nitrogens with zero attached hydrogens (tertiary/aromatic N) is 1. The predicted octanol–water partition coefficient (Wildman–Crippen LogP) is 1.33. The minimum Gasteiger partial charge on any atom is -0.390 e. The minimum absolute atomic E-state index is 0.0259. The van der Waals surface area contributed by atoms with Gasteiger partial charge < -0.3 is 15.2 Å². The van der Waals surface area contributed by atoms with Crippen molar-refractivity contribution in [2.45, 2.75) is 23.8 Å². The summed E-state index contributed by atoms with van der Waals surface area (Å²) in [5.74, 6) is 0. The van der Waals surface area contributed by atoms with E-state index in [1.54, 1.807) is 0 Å². The molecule has 0 spiro atoms. The summed E-state index contributed by atoms with van der Waals surface area (Å²) in [6, 6.07) is 4.29. The van der Waals surface area contributed by atoms with Crippen molar-refractivity contribution in [2.75, 3.05) is 52.5 Å². The molecule has 7 nitrogen and oxygen atoms in total. The van der Waals surface area contributed by atoms with Gasteiger partial charge in [-0.1, -0.05) is 23.2 Å². The Balaban J connectivity index is 1.57. The summed E-state index contributed by atoms with van der Waals surface area (Å²) in [6.07, 6.45) is 1.05. The molecule has 1 atom stereocenters. The molecule has 1 saturated heterocycles. The summed E-state index contributed by atoms with van der Waals surface area (Å²) < 4.78 is 32.3. The molecule has 2 rings (SSSR count). The Bertz CT molecular complexity index is 685. The van der Waals surface area contributed by atoms with Crippen LogP contribution in [0.15, 0.2) is 23.1 Å². The van der Waals surface area contributed by atoms with Gasteiger partial charge in [0.15, 0.2) is 0 Å². The summed E-state index contributed by atoms with van der Waals surface area (Å²) in [7, 11) is -3.65. The van der Waals surface area contributed by atoms with Crippen molar-refractivity contribution in [3.05, 3.63) is 28.2 Å². The zero-order valence-corrected chi connectivity index (χ0v) is 17.5. The number of aliphatic hydroxyl groups excluding tert-OH is 1. The van der Waals surface area contributed by atoms with Crippen molar-refractivity contribution >= 4 is 33.2 Å². The smallest absolute Gasteiger partial charge is 0.242 e. The molecule has 154 valence electrons. The fourth-order valence-corrected chi connectivity index (χ4v) is 4.61. The van der Waals surface area contributed by atoms with Crippen molar-refractivity contribution in [3.8, 4) is 0 Å². The fourth-order valence-electron chi connectivity index (χ4n) is 2.77. The van der Waals surface area contributed by atoms with E-state index in [2.05, 4.69) is 14.9 Å². The van der Waals surface area contributed by atoms with E-state index in [4.69, 9.17) is 27.9 Å². The molecular formula is C17H27Cl2N3O4S. The molecule has 1 fully saturated rings. The Hall–Kier alpha value is -0.450. The molecular weight excluding hydrogens is 413 g/mol. The third-order valence-electron chi connectivity index (χ3n) is 4.21. The van der Waals surface area contributed by atoms with Crippen LogP contribution in [0.2, 0.25) is 10.0 Å². The highest BCUT2D eigenvalue weighted by molar-refractivity contribution is 7.89. The largest absolute Gasteiger partial charge is 0.390 e. The van der Waals surface area contributed by atoms with Gasteiger partial charge in [-0.2, -0.15) is 0 Å². The standard InChI is InChI=1S/C17H27Cl2N3O4S/c18-14-3-4-17(16(19)11-14)27(24,25)21-6-2-1-5-20-12-15(23)13-22-7-9-26-10-8-22/h3-4,11,15,20-21,23H,1-2,5-10,12-13H2/t15-/m1/s1. The maximum absolute atomic E-state index is 12.2. The molecule has 1 heterocycles. The number of hydrogen-bond acceptors (Lipinski definition) is 6. The molecule has 0 aromatic heterocycles. The number of ether oxygens (including phenoxy) is 1. The number of sulfonamides is 1. The van der Waals surface area contributed by atoms with Crippen LogP contribution in [-0.4, -0.2) is 77.0 Å². The summed E-state index contributed by atoms with van der Waals surface area (Å²) in [6.45, 7) is 5.34. The lowest BCUT2D eigenvalue weighted by Gasteiger charge is -2.28. The zero-order chi connectivity index (χ0) is 19.7. The van der Waals surface area contributed by atoms with E-state index in [0.717, 1.165) is 32.7 Å². The average molecular weight is 440 g/mol. The molecule has 0 bridgehead atoms. The molecule has 1 aromatic rings. The number of nitrogens with one attached hydrogen (secondary N) is 2. The number of rotatable bonds is 11. The number of halogens is 2. The van der Waals surface area contributed by atoms with Gasteiger partial charge in [0.1, 0.15) is 4.90 Å². The Morgan fingerprint density at radius 3 is 2.59 bits per heavy atom. The monoisotopic (exact) mass is 439 g/mol. The van der Waals surface area contributed by atoms with Crippen molar-refractivity contribution in [1.82, 2.24) is 14.9 Å². The van der Waals surface area contributed by atoms with Crippen molar-refractivity contribution in [1.29, 1.82) is 0 Å². The summed E-state index contributed by atoms with van der Waals surface area (Å²) >= 11 is 11.7. The molecule has 10 heteroatoms. The Morgan fingerprint density at radius 1 is 1.19 bits per heavy atom. The summed E-state index contributed by atoms with van der Waals surface area (Å²) in [5, 5.41) is 13.7. The van der Waals surface area contributed by atoms with Gasteiger partial charge in [-0.3, -0.25) is 4.90 Å². The van der Waals surface area contributed by atoms with Gasteiger partial charge >= 0.3 is 0 Å². The highest BCUT2D eigenvalue weighted by atomic mass is 35.5. The first-order valence-electron chi connectivity index (χ1n) is 9.02. The Kier molecular flexibility index (Phi) is 9.75. The lowest BCUT2D eigenvalue weighted by Crippen LogP contribution is -2.43. The van der Waals surface area contributed by atoms with Crippen LogP contribution in [0, 0.1) is 0 Å². The van der Waals surface area contributed by atoms with Crippen LogP contribution < -0.4 is 10.0 Å². The van der Waals surface area contributed by atoms with E-state index >= 15 is 0 Å². The fraction of sp³-hybridized carbons (Fsp3) is 0.647. The second-order valence-corrected chi connectivity index (χ2v) is 9.03. The third kappa shape index (κ3) is 8.21. The first kappa shape index (κ1) is 22.8. The van der Waals surface area contributed by atoms with Gasteiger partial charge in [0.25, 0.3) is 0 Å². The van der Waals surface area contributed by atoms with Crippen LogP contribution in [0.5, 0.6) is 0 Å². The molecule has 0 saturated carbocycles. The van der Waals surface area contributed by atoms with Gasteiger partial charge in [-0.25, -0.2) is 13.1 Å². The van der Waals surface area contributed by atoms with Crippen molar-refractivity contribution in [2.24, 2.45) is 0 Å². The Labute approximate surface area is 171 Å².